The quantitative estimate of drug-likeness (QED) is 0.344. The van der Waals surface area contributed by atoms with E-state index < -0.39 is 5.97 Å². The van der Waals surface area contributed by atoms with E-state index in [1.54, 1.807) is 0 Å². The second kappa shape index (κ2) is 9.07. The summed E-state index contributed by atoms with van der Waals surface area (Å²) < 4.78 is 4.36. The van der Waals surface area contributed by atoms with E-state index in [4.69, 9.17) is 0 Å². The summed E-state index contributed by atoms with van der Waals surface area (Å²) in [6, 6.07) is 0. The summed E-state index contributed by atoms with van der Waals surface area (Å²) in [7, 11) is 1.24. The maximum absolute atomic E-state index is 11.3. The van der Waals surface area contributed by atoms with E-state index in [1.807, 2.05) is 0 Å². The first-order valence-electron chi connectivity index (χ1n) is 5.70. The Morgan fingerprint density at radius 1 is 0.938 bits per heavy atom. The molecule has 0 saturated heterocycles. The van der Waals surface area contributed by atoms with Crippen LogP contribution in [0.4, 0.5) is 0 Å². The van der Waals surface area contributed by atoms with Gasteiger partial charge in [-0.1, -0.05) is 19.8 Å². The predicted molar refractivity (Wildman–Crippen MR) is 60.0 cm³/mol. The van der Waals surface area contributed by atoms with Crippen LogP contribution in [-0.4, -0.2) is 24.6 Å². The number of unbranched alkanes of at least 4 members (excludes halogenated alkanes) is 2. The summed E-state index contributed by atoms with van der Waals surface area (Å²) in [5.41, 5.74) is 0. The third kappa shape index (κ3) is 8.15. The lowest BCUT2D eigenvalue weighted by molar-refractivity contribution is -0.143. The number of ether oxygens (including phenoxy) is 1. The minimum absolute atomic E-state index is 0.103. The third-order valence-corrected chi connectivity index (χ3v) is 2.31. The van der Waals surface area contributed by atoms with Crippen molar-refractivity contribution in [2.75, 3.05) is 7.11 Å². The Labute approximate surface area is 96.4 Å². The second-order valence-electron chi connectivity index (χ2n) is 3.79. The van der Waals surface area contributed by atoms with E-state index in [9.17, 15) is 14.4 Å². The standard InChI is InChI=1S/C12H20O4/c1-3-4-5-6-10(13)7-8-11(14)9-12(15)16-2/h3-9H2,1-2H3. The van der Waals surface area contributed by atoms with Gasteiger partial charge in [-0.2, -0.15) is 0 Å². The normalized spacial score (nSPS) is 9.88. The van der Waals surface area contributed by atoms with Gasteiger partial charge in [0.2, 0.25) is 0 Å². The molecule has 0 heterocycles. The second-order valence-corrected chi connectivity index (χ2v) is 3.79. The first-order valence-corrected chi connectivity index (χ1v) is 5.70. The van der Waals surface area contributed by atoms with Crippen molar-refractivity contribution in [3.63, 3.8) is 0 Å². The van der Waals surface area contributed by atoms with Crippen molar-refractivity contribution in [3.8, 4) is 0 Å². The van der Waals surface area contributed by atoms with Crippen LogP contribution in [0.2, 0.25) is 0 Å². The number of rotatable bonds is 9. The van der Waals surface area contributed by atoms with Crippen molar-refractivity contribution in [3.05, 3.63) is 0 Å². The highest BCUT2D eigenvalue weighted by Crippen LogP contribution is 2.05. The molecule has 0 N–H and O–H groups in total. The number of methoxy groups -OCH3 is 1. The lowest BCUT2D eigenvalue weighted by atomic mass is 10.1. The summed E-state index contributed by atoms with van der Waals surface area (Å²) in [5, 5.41) is 0. The molecule has 16 heavy (non-hydrogen) atoms. The van der Waals surface area contributed by atoms with Gasteiger partial charge < -0.3 is 4.74 Å². The van der Waals surface area contributed by atoms with E-state index in [2.05, 4.69) is 11.7 Å². The molecule has 0 spiro atoms. The monoisotopic (exact) mass is 228 g/mol. The van der Waals surface area contributed by atoms with Crippen LogP contribution in [0.1, 0.15) is 51.9 Å². The van der Waals surface area contributed by atoms with E-state index in [-0.39, 0.29) is 30.8 Å². The molecule has 0 saturated carbocycles. The van der Waals surface area contributed by atoms with Gasteiger partial charge in [0.25, 0.3) is 0 Å². The topological polar surface area (TPSA) is 60.4 Å². The van der Waals surface area contributed by atoms with Crippen LogP contribution >= 0.6 is 0 Å². The lowest BCUT2D eigenvalue weighted by Crippen LogP contribution is -2.10. The zero-order valence-corrected chi connectivity index (χ0v) is 10.1. The number of carbonyl (C=O) groups excluding carboxylic acids is 3. The van der Waals surface area contributed by atoms with Crippen molar-refractivity contribution in [1.82, 2.24) is 0 Å². The average Bonchev–Trinajstić information content (AvgIpc) is 2.26. The van der Waals surface area contributed by atoms with Crippen molar-refractivity contribution >= 4 is 17.5 Å². The molecule has 4 nitrogen and oxygen atoms in total. The summed E-state index contributed by atoms with van der Waals surface area (Å²) in [4.78, 5) is 33.3. The Hall–Kier alpha value is -1.19. The lowest BCUT2D eigenvalue weighted by Gasteiger charge is -2.00. The van der Waals surface area contributed by atoms with Crippen LogP contribution in [0, 0.1) is 0 Å². The van der Waals surface area contributed by atoms with E-state index in [0.29, 0.717) is 6.42 Å². The van der Waals surface area contributed by atoms with E-state index in [0.717, 1.165) is 19.3 Å². The molecular weight excluding hydrogens is 208 g/mol. The SMILES string of the molecule is CCCCCC(=O)CCC(=O)CC(=O)OC. The van der Waals surface area contributed by atoms with E-state index in [1.165, 1.54) is 7.11 Å². The molecule has 0 aromatic heterocycles. The van der Waals surface area contributed by atoms with Crippen molar-refractivity contribution in [2.45, 2.75) is 51.9 Å². The average molecular weight is 228 g/mol. The van der Waals surface area contributed by atoms with Crippen LogP contribution in [0.15, 0.2) is 0 Å². The first-order chi connectivity index (χ1) is 7.60. The van der Waals surface area contributed by atoms with Gasteiger partial charge in [-0.05, 0) is 6.42 Å². The zero-order valence-electron chi connectivity index (χ0n) is 10.1. The van der Waals surface area contributed by atoms with E-state index >= 15 is 0 Å². The Morgan fingerprint density at radius 2 is 1.56 bits per heavy atom. The zero-order chi connectivity index (χ0) is 12.4. The molecule has 0 amide bonds. The largest absolute Gasteiger partial charge is 0.469 e. The minimum Gasteiger partial charge on any atom is -0.469 e. The molecule has 0 aromatic rings. The minimum atomic E-state index is -0.538. The fourth-order valence-electron chi connectivity index (χ4n) is 1.30. The molecule has 0 fully saturated rings. The fraction of sp³-hybridized carbons (Fsp3) is 0.750. The Bertz CT molecular complexity index is 245. The van der Waals surface area contributed by atoms with Crippen LogP contribution < -0.4 is 0 Å². The van der Waals surface area contributed by atoms with Gasteiger partial charge in [0, 0.05) is 19.3 Å². The summed E-state index contributed by atoms with van der Waals surface area (Å²) in [6.45, 7) is 2.07. The van der Waals surface area contributed by atoms with Crippen LogP contribution in [-0.2, 0) is 19.1 Å². The fourth-order valence-corrected chi connectivity index (χ4v) is 1.30. The van der Waals surface area contributed by atoms with Gasteiger partial charge in [-0.25, -0.2) is 0 Å². The number of esters is 1. The van der Waals surface area contributed by atoms with Crippen LogP contribution in [0.3, 0.4) is 0 Å². The highest BCUT2D eigenvalue weighted by atomic mass is 16.5. The Kier molecular flexibility index (Phi) is 8.39. The smallest absolute Gasteiger partial charge is 0.313 e. The van der Waals surface area contributed by atoms with Crippen molar-refractivity contribution < 1.29 is 19.1 Å². The Balaban J connectivity index is 3.59. The maximum Gasteiger partial charge on any atom is 0.313 e. The summed E-state index contributed by atoms with van der Waals surface area (Å²) in [5.74, 6) is -0.661. The van der Waals surface area contributed by atoms with Gasteiger partial charge in [-0.15, -0.1) is 0 Å². The number of carbonyl (C=O) groups is 3. The molecule has 0 radical (unpaired) electrons. The molecular formula is C12H20O4. The highest BCUT2D eigenvalue weighted by molar-refractivity contribution is 5.97. The number of hydrogen-bond acceptors (Lipinski definition) is 4. The third-order valence-electron chi connectivity index (χ3n) is 2.31. The van der Waals surface area contributed by atoms with Gasteiger partial charge in [-0.3, -0.25) is 14.4 Å². The molecule has 0 aliphatic carbocycles. The molecule has 0 aromatic carbocycles. The molecule has 0 rings (SSSR count). The highest BCUT2D eigenvalue weighted by Gasteiger charge is 2.11. The molecule has 92 valence electrons. The van der Waals surface area contributed by atoms with Gasteiger partial charge in [0.1, 0.15) is 18.0 Å². The molecule has 0 bridgehead atoms. The molecule has 0 unspecified atom stereocenters. The number of ketones is 2. The first kappa shape index (κ1) is 14.8. The molecule has 4 heteroatoms. The molecule has 0 atom stereocenters. The van der Waals surface area contributed by atoms with Crippen LogP contribution in [0.5, 0.6) is 0 Å². The summed E-state index contributed by atoms with van der Waals surface area (Å²) in [6.07, 6.45) is 3.73. The van der Waals surface area contributed by atoms with Crippen molar-refractivity contribution in [1.29, 1.82) is 0 Å². The molecule has 0 aliphatic rings. The maximum atomic E-state index is 11.3. The van der Waals surface area contributed by atoms with Gasteiger partial charge in [0.15, 0.2) is 0 Å². The Morgan fingerprint density at radius 3 is 2.12 bits per heavy atom. The van der Waals surface area contributed by atoms with Gasteiger partial charge >= 0.3 is 5.97 Å². The van der Waals surface area contributed by atoms with Crippen molar-refractivity contribution in [2.24, 2.45) is 0 Å². The van der Waals surface area contributed by atoms with Gasteiger partial charge in [0.05, 0.1) is 7.11 Å². The molecule has 0 aliphatic heterocycles. The number of Topliss-reactive ketones (excluding diaryl/α,β-unsaturated/α-hetero) is 2. The summed E-state index contributed by atoms with van der Waals surface area (Å²) >= 11 is 0. The predicted octanol–water partition coefficient (Wildman–Crippen LogP) is 2.05. The van der Waals surface area contributed by atoms with Crippen LogP contribution in [0.25, 0.3) is 0 Å². The number of hydrogen-bond donors (Lipinski definition) is 0.